The fraction of sp³-hybridized carbons (Fsp3) is 0.600. The van der Waals surface area contributed by atoms with Gasteiger partial charge in [-0.3, -0.25) is 4.79 Å². The van der Waals surface area contributed by atoms with Gasteiger partial charge in [-0.2, -0.15) is 0 Å². The van der Waals surface area contributed by atoms with E-state index >= 15 is 0 Å². The third kappa shape index (κ3) is 3.77. The topological polar surface area (TPSA) is 82.5 Å². The molecule has 26 heavy (non-hydrogen) atoms. The molecule has 1 atom stereocenters. The number of pyridine rings is 1. The molecule has 0 aliphatic heterocycles. The second-order valence-electron chi connectivity index (χ2n) is 8.74. The molecular formula is C20H28N2O3S. The van der Waals surface area contributed by atoms with E-state index in [9.17, 15) is 15.0 Å². The number of fused-ring (bicyclic) bond motifs is 2. The Hall–Kier alpha value is -1.50. The van der Waals surface area contributed by atoms with Gasteiger partial charge < -0.3 is 15.5 Å². The van der Waals surface area contributed by atoms with Crippen LogP contribution in [0.5, 0.6) is 0 Å². The summed E-state index contributed by atoms with van der Waals surface area (Å²) >= 11 is 1.36. The number of aryl methyl sites for hydroxylation is 1. The van der Waals surface area contributed by atoms with Gasteiger partial charge in [0, 0.05) is 11.1 Å². The predicted molar refractivity (Wildman–Crippen MR) is 105 cm³/mol. The molecule has 0 fully saturated rings. The molecule has 1 unspecified atom stereocenters. The zero-order valence-corrected chi connectivity index (χ0v) is 16.7. The van der Waals surface area contributed by atoms with Crippen molar-refractivity contribution in [2.75, 3.05) is 13.2 Å². The number of aromatic nitrogens is 1. The van der Waals surface area contributed by atoms with Crippen molar-refractivity contribution >= 4 is 27.5 Å². The Balaban J connectivity index is 1.88. The number of nitrogens with one attached hydrogen (secondary N) is 1. The Morgan fingerprint density at radius 2 is 1.96 bits per heavy atom. The second-order valence-corrected chi connectivity index (χ2v) is 9.77. The smallest absolute Gasteiger partial charge is 0.262 e. The maximum Gasteiger partial charge on any atom is 0.262 e. The molecule has 1 aliphatic carbocycles. The molecule has 5 nitrogen and oxygen atoms in total. The number of rotatable bonds is 4. The monoisotopic (exact) mass is 376 g/mol. The van der Waals surface area contributed by atoms with Crippen LogP contribution in [0, 0.1) is 11.3 Å². The second kappa shape index (κ2) is 6.91. The summed E-state index contributed by atoms with van der Waals surface area (Å²) in [6, 6.07) is 4.04. The molecule has 2 aromatic heterocycles. The molecule has 0 radical (unpaired) electrons. The summed E-state index contributed by atoms with van der Waals surface area (Å²) in [7, 11) is 0. The molecule has 142 valence electrons. The summed E-state index contributed by atoms with van der Waals surface area (Å²) in [6.45, 7) is 7.85. The van der Waals surface area contributed by atoms with Crippen molar-refractivity contribution < 1.29 is 15.0 Å². The highest BCUT2D eigenvalue weighted by molar-refractivity contribution is 7.20. The average molecular weight is 377 g/mol. The Kier molecular flexibility index (Phi) is 5.12. The van der Waals surface area contributed by atoms with E-state index in [1.54, 1.807) is 6.92 Å². The summed E-state index contributed by atoms with van der Waals surface area (Å²) < 4.78 is 0. The van der Waals surface area contributed by atoms with Crippen molar-refractivity contribution in [2.45, 2.75) is 52.5 Å². The van der Waals surface area contributed by atoms with E-state index in [-0.39, 0.29) is 24.5 Å². The zero-order chi connectivity index (χ0) is 19.1. The Bertz CT molecular complexity index is 818. The molecule has 6 heteroatoms. The zero-order valence-electron chi connectivity index (χ0n) is 15.9. The van der Waals surface area contributed by atoms with Gasteiger partial charge in [0.1, 0.15) is 4.83 Å². The van der Waals surface area contributed by atoms with Crippen molar-refractivity contribution in [1.82, 2.24) is 10.3 Å². The molecule has 0 spiro atoms. The lowest BCUT2D eigenvalue weighted by atomic mass is 9.71. The number of carbonyl (C=O) groups excluding carboxylic acids is 1. The predicted octanol–water partition coefficient (Wildman–Crippen LogP) is 2.92. The summed E-state index contributed by atoms with van der Waals surface area (Å²) in [5.74, 6) is 0.356. The highest BCUT2D eigenvalue weighted by Crippen LogP contribution is 2.38. The van der Waals surface area contributed by atoms with Crippen molar-refractivity contribution in [3.05, 3.63) is 28.3 Å². The van der Waals surface area contributed by atoms with Crippen molar-refractivity contribution in [1.29, 1.82) is 0 Å². The molecule has 3 rings (SSSR count). The molecule has 0 saturated heterocycles. The fourth-order valence-electron chi connectivity index (χ4n) is 3.44. The highest BCUT2D eigenvalue weighted by Gasteiger charge is 2.30. The maximum atomic E-state index is 12.5. The van der Waals surface area contributed by atoms with Crippen LogP contribution in [0.15, 0.2) is 12.1 Å². The van der Waals surface area contributed by atoms with Crippen LogP contribution in [-0.4, -0.2) is 39.9 Å². The van der Waals surface area contributed by atoms with E-state index in [1.807, 2.05) is 6.07 Å². The van der Waals surface area contributed by atoms with E-state index in [1.165, 1.54) is 16.9 Å². The molecule has 1 aliphatic rings. The van der Waals surface area contributed by atoms with E-state index in [2.05, 4.69) is 32.2 Å². The minimum Gasteiger partial charge on any atom is -0.394 e. The van der Waals surface area contributed by atoms with Gasteiger partial charge in [0.05, 0.1) is 23.6 Å². The van der Waals surface area contributed by atoms with E-state index in [4.69, 9.17) is 4.98 Å². The van der Waals surface area contributed by atoms with Crippen LogP contribution in [0.25, 0.3) is 10.2 Å². The first-order valence-corrected chi connectivity index (χ1v) is 9.93. The Morgan fingerprint density at radius 1 is 1.27 bits per heavy atom. The van der Waals surface area contributed by atoms with Crippen molar-refractivity contribution in [3.8, 4) is 0 Å². The SMILES string of the molecule is CC(CO)(CO)NC(=O)c1cc2cc3c(nc2s1)CCC(C(C)(C)C)C3. The molecule has 1 amide bonds. The number of aliphatic hydroxyl groups excluding tert-OH is 2. The molecule has 2 heterocycles. The van der Waals surface area contributed by atoms with Gasteiger partial charge in [-0.1, -0.05) is 20.8 Å². The molecule has 2 aromatic rings. The van der Waals surface area contributed by atoms with E-state index < -0.39 is 5.54 Å². The number of aliphatic hydroxyl groups is 2. The normalized spacial score (nSPS) is 18.0. The summed E-state index contributed by atoms with van der Waals surface area (Å²) in [5.41, 5.74) is 1.71. The summed E-state index contributed by atoms with van der Waals surface area (Å²) in [6.07, 6.45) is 3.17. The van der Waals surface area contributed by atoms with Crippen LogP contribution >= 0.6 is 11.3 Å². The van der Waals surface area contributed by atoms with E-state index in [0.717, 1.165) is 35.2 Å². The van der Waals surface area contributed by atoms with Crippen molar-refractivity contribution in [3.63, 3.8) is 0 Å². The molecule has 0 bridgehead atoms. The number of nitrogens with zero attached hydrogens (tertiary/aromatic N) is 1. The van der Waals surface area contributed by atoms with Gasteiger partial charge in [0.2, 0.25) is 0 Å². The quantitative estimate of drug-likeness (QED) is 0.766. The standard InChI is InChI=1S/C20H28N2O3S/c1-19(2,3)14-5-6-15-12(8-14)7-13-9-16(26-18(13)21-15)17(25)22-20(4,10-23)11-24/h7,9,14,23-24H,5-6,8,10-11H2,1-4H3,(H,22,25). The van der Waals surface area contributed by atoms with Gasteiger partial charge in [-0.25, -0.2) is 4.98 Å². The minimum absolute atomic E-state index is 0.283. The largest absolute Gasteiger partial charge is 0.394 e. The van der Waals surface area contributed by atoms with Crippen LogP contribution in [0.4, 0.5) is 0 Å². The first-order valence-electron chi connectivity index (χ1n) is 9.12. The lowest BCUT2D eigenvalue weighted by molar-refractivity contribution is 0.0727. The molecular weight excluding hydrogens is 348 g/mol. The van der Waals surface area contributed by atoms with Gasteiger partial charge in [0.25, 0.3) is 5.91 Å². The van der Waals surface area contributed by atoms with Crippen LogP contribution in [0.3, 0.4) is 0 Å². The Morgan fingerprint density at radius 3 is 2.58 bits per heavy atom. The number of hydrogen-bond donors (Lipinski definition) is 3. The number of thiophene rings is 1. The third-order valence-corrected chi connectivity index (χ3v) is 6.48. The molecule has 0 aromatic carbocycles. The minimum atomic E-state index is -1.03. The van der Waals surface area contributed by atoms with Gasteiger partial charge >= 0.3 is 0 Å². The third-order valence-electron chi connectivity index (χ3n) is 5.43. The number of hydrogen-bond acceptors (Lipinski definition) is 5. The molecule has 0 saturated carbocycles. The van der Waals surface area contributed by atoms with E-state index in [0.29, 0.717) is 10.8 Å². The van der Waals surface area contributed by atoms with Crippen LogP contribution in [0.2, 0.25) is 0 Å². The number of amides is 1. The fourth-order valence-corrected chi connectivity index (χ4v) is 4.37. The van der Waals surface area contributed by atoms with Gasteiger partial charge in [-0.15, -0.1) is 11.3 Å². The maximum absolute atomic E-state index is 12.5. The lowest BCUT2D eigenvalue weighted by Crippen LogP contribution is -2.51. The van der Waals surface area contributed by atoms with Crippen LogP contribution in [-0.2, 0) is 12.8 Å². The summed E-state index contributed by atoms with van der Waals surface area (Å²) in [4.78, 5) is 18.7. The van der Waals surface area contributed by atoms with Gasteiger partial charge in [0.15, 0.2) is 0 Å². The number of carbonyl (C=O) groups is 1. The summed E-state index contributed by atoms with van der Waals surface area (Å²) in [5, 5.41) is 22.4. The van der Waals surface area contributed by atoms with Gasteiger partial charge in [-0.05, 0) is 55.2 Å². The van der Waals surface area contributed by atoms with Crippen molar-refractivity contribution in [2.24, 2.45) is 11.3 Å². The first-order chi connectivity index (χ1) is 12.1. The lowest BCUT2D eigenvalue weighted by Gasteiger charge is -2.34. The first kappa shape index (κ1) is 19.3. The van der Waals surface area contributed by atoms with Crippen LogP contribution < -0.4 is 5.32 Å². The Labute approximate surface area is 158 Å². The molecule has 3 N–H and O–H groups in total. The highest BCUT2D eigenvalue weighted by atomic mass is 32.1. The average Bonchev–Trinajstić information content (AvgIpc) is 3.01. The van der Waals surface area contributed by atoms with Crippen LogP contribution in [0.1, 0.15) is 55.0 Å².